The van der Waals surface area contributed by atoms with Gasteiger partial charge in [0, 0.05) is 19.7 Å². The third-order valence-electron chi connectivity index (χ3n) is 5.60. The molecule has 0 saturated heterocycles. The Hall–Kier alpha value is -0.830. The molecule has 0 atom stereocenters. The van der Waals surface area contributed by atoms with Gasteiger partial charge in [-0.1, -0.05) is 122 Å². The zero-order valence-corrected chi connectivity index (χ0v) is 20.3. The first-order chi connectivity index (χ1) is 14.1. The smallest absolute Gasteiger partial charge is 0.352 e. The monoisotopic (exact) mass is 409 g/mol. The Morgan fingerprint density at radius 3 is 1.34 bits per heavy atom. The molecular weight excluding hydrogens is 358 g/mol. The lowest BCUT2D eigenvalue weighted by Crippen LogP contribution is -2.19. The Kier molecular flexibility index (Phi) is 21.2. The second kappa shape index (κ2) is 21.9. The molecular formula is C26H51NO2. The highest BCUT2D eigenvalue weighted by Crippen LogP contribution is 2.14. The molecule has 0 amide bonds. The summed E-state index contributed by atoms with van der Waals surface area (Å²) in [4.78, 5) is 16.7. The van der Waals surface area contributed by atoms with E-state index in [1.807, 2.05) is 13.0 Å². The normalized spacial score (nSPS) is 12.0. The van der Waals surface area contributed by atoms with E-state index in [0.29, 0.717) is 5.57 Å². The first kappa shape index (κ1) is 28.2. The van der Waals surface area contributed by atoms with Crippen LogP contribution in [0.2, 0.25) is 0 Å². The van der Waals surface area contributed by atoms with Crippen LogP contribution in [0.15, 0.2) is 11.6 Å². The predicted octanol–water partition coefficient (Wildman–Crippen LogP) is 8.38. The third kappa shape index (κ3) is 21.7. The summed E-state index contributed by atoms with van der Waals surface area (Å²) < 4.78 is 0. The van der Waals surface area contributed by atoms with Crippen LogP contribution in [0.4, 0.5) is 0 Å². The molecule has 0 aromatic heterocycles. The summed E-state index contributed by atoms with van der Waals surface area (Å²) in [6, 6.07) is 0. The summed E-state index contributed by atoms with van der Waals surface area (Å²) in [6.07, 6.45) is 28.2. The van der Waals surface area contributed by atoms with Gasteiger partial charge in [-0.05, 0) is 19.8 Å². The Morgan fingerprint density at radius 2 is 1.00 bits per heavy atom. The lowest BCUT2D eigenvalue weighted by atomic mass is 10.0. The van der Waals surface area contributed by atoms with Crippen molar-refractivity contribution >= 4 is 5.97 Å². The van der Waals surface area contributed by atoms with Crippen LogP contribution in [-0.2, 0) is 9.63 Å². The number of unbranched alkanes of at least 4 members (excludes halogenated alkanes) is 18. The van der Waals surface area contributed by atoms with Gasteiger partial charge < -0.3 is 4.84 Å². The Morgan fingerprint density at radius 1 is 0.655 bits per heavy atom. The number of carbonyl (C=O) groups is 1. The number of nitrogens with zero attached hydrogens (tertiary/aromatic N) is 1. The molecule has 3 nitrogen and oxygen atoms in total. The third-order valence-corrected chi connectivity index (χ3v) is 5.60. The fourth-order valence-corrected chi connectivity index (χ4v) is 3.69. The van der Waals surface area contributed by atoms with Gasteiger partial charge in [0.1, 0.15) is 0 Å². The maximum atomic E-state index is 11.6. The first-order valence-corrected chi connectivity index (χ1v) is 12.6. The van der Waals surface area contributed by atoms with Gasteiger partial charge in [-0.15, -0.1) is 5.06 Å². The molecule has 0 aliphatic carbocycles. The highest BCUT2D eigenvalue weighted by molar-refractivity contribution is 5.87. The summed E-state index contributed by atoms with van der Waals surface area (Å²) in [5.74, 6) is -0.239. The van der Waals surface area contributed by atoms with Crippen molar-refractivity contribution in [2.45, 2.75) is 136 Å². The fraction of sp³-hybridized carbons (Fsp3) is 0.885. The maximum Gasteiger partial charge on any atom is 0.352 e. The minimum absolute atomic E-state index is 0.239. The van der Waals surface area contributed by atoms with E-state index in [9.17, 15) is 4.79 Å². The van der Waals surface area contributed by atoms with Crippen LogP contribution in [0.25, 0.3) is 0 Å². The molecule has 0 fully saturated rings. The topological polar surface area (TPSA) is 29.5 Å². The van der Waals surface area contributed by atoms with Gasteiger partial charge in [-0.3, -0.25) is 0 Å². The minimum Gasteiger partial charge on any atom is -0.365 e. The average Bonchev–Trinajstić information content (AvgIpc) is 2.69. The standard InChI is InChI=1S/C26H51NO2/c1-5-6-7-8-9-10-11-12-13-14-15-16-17-18-19-20-21-22-23-24-25(2)26(28)29-27(3)4/h24H,5-23H2,1-4H3. The summed E-state index contributed by atoms with van der Waals surface area (Å²) in [5.41, 5.74) is 0.714. The highest BCUT2D eigenvalue weighted by atomic mass is 16.7. The molecule has 0 aromatic rings. The lowest BCUT2D eigenvalue weighted by Gasteiger charge is -2.09. The second-order valence-corrected chi connectivity index (χ2v) is 8.88. The average molecular weight is 410 g/mol. The van der Waals surface area contributed by atoms with E-state index in [2.05, 4.69) is 6.92 Å². The van der Waals surface area contributed by atoms with Crippen molar-refractivity contribution in [1.29, 1.82) is 0 Å². The molecule has 172 valence electrons. The van der Waals surface area contributed by atoms with Crippen molar-refractivity contribution in [2.75, 3.05) is 14.1 Å². The summed E-state index contributed by atoms with van der Waals surface area (Å²) in [6.45, 7) is 4.12. The molecule has 29 heavy (non-hydrogen) atoms. The molecule has 0 aromatic carbocycles. The van der Waals surface area contributed by atoms with Crippen LogP contribution >= 0.6 is 0 Å². The molecule has 0 radical (unpaired) electrons. The molecule has 0 rings (SSSR count). The zero-order valence-electron chi connectivity index (χ0n) is 20.3. The van der Waals surface area contributed by atoms with Gasteiger partial charge in [0.25, 0.3) is 0 Å². The van der Waals surface area contributed by atoms with Crippen LogP contribution in [0.5, 0.6) is 0 Å². The second-order valence-electron chi connectivity index (χ2n) is 8.88. The molecule has 0 aliphatic heterocycles. The van der Waals surface area contributed by atoms with Gasteiger partial charge in [0.15, 0.2) is 0 Å². The quantitative estimate of drug-likeness (QED) is 0.108. The van der Waals surface area contributed by atoms with Gasteiger partial charge in [0.05, 0.1) is 0 Å². The lowest BCUT2D eigenvalue weighted by molar-refractivity contribution is -0.172. The molecule has 0 heterocycles. The predicted molar refractivity (Wildman–Crippen MR) is 127 cm³/mol. The van der Waals surface area contributed by atoms with Crippen molar-refractivity contribution in [1.82, 2.24) is 5.06 Å². The molecule has 0 unspecified atom stereocenters. The van der Waals surface area contributed by atoms with Gasteiger partial charge in [0.2, 0.25) is 0 Å². The molecule has 0 bridgehead atoms. The number of rotatable bonds is 21. The maximum absolute atomic E-state index is 11.6. The Labute approximate surface area is 182 Å². The van der Waals surface area contributed by atoms with E-state index in [4.69, 9.17) is 4.84 Å². The van der Waals surface area contributed by atoms with Crippen LogP contribution in [0, 0.1) is 0 Å². The molecule has 3 heteroatoms. The van der Waals surface area contributed by atoms with Crippen LogP contribution < -0.4 is 0 Å². The Bertz CT molecular complexity index is 390. The number of hydrogen-bond acceptors (Lipinski definition) is 3. The van der Waals surface area contributed by atoms with Crippen LogP contribution in [-0.4, -0.2) is 25.1 Å². The fourth-order valence-electron chi connectivity index (χ4n) is 3.69. The minimum atomic E-state index is -0.239. The summed E-state index contributed by atoms with van der Waals surface area (Å²) in [7, 11) is 3.45. The number of allylic oxidation sites excluding steroid dienone is 1. The van der Waals surface area contributed by atoms with Crippen molar-refractivity contribution in [3.63, 3.8) is 0 Å². The number of hydroxylamine groups is 2. The van der Waals surface area contributed by atoms with Gasteiger partial charge >= 0.3 is 5.97 Å². The first-order valence-electron chi connectivity index (χ1n) is 12.6. The van der Waals surface area contributed by atoms with Crippen molar-refractivity contribution in [3.8, 4) is 0 Å². The SMILES string of the molecule is CCCCCCCCCCCCCCCCCCCCC=C(C)C(=O)ON(C)C. The Balaban J connectivity index is 3.23. The highest BCUT2D eigenvalue weighted by Gasteiger charge is 2.06. The summed E-state index contributed by atoms with van der Waals surface area (Å²) in [5, 5.41) is 1.44. The van der Waals surface area contributed by atoms with Gasteiger partial charge in [-0.25, -0.2) is 4.79 Å². The summed E-state index contributed by atoms with van der Waals surface area (Å²) >= 11 is 0. The van der Waals surface area contributed by atoms with Crippen molar-refractivity contribution in [2.24, 2.45) is 0 Å². The van der Waals surface area contributed by atoms with E-state index in [1.54, 1.807) is 14.1 Å². The number of carbonyl (C=O) groups excluding carboxylic acids is 1. The van der Waals surface area contributed by atoms with E-state index in [0.717, 1.165) is 6.42 Å². The molecule has 0 N–H and O–H groups in total. The molecule has 0 spiro atoms. The molecule has 0 saturated carbocycles. The molecule has 0 aliphatic rings. The van der Waals surface area contributed by atoms with E-state index in [1.165, 1.54) is 121 Å². The zero-order chi connectivity index (χ0) is 21.6. The van der Waals surface area contributed by atoms with E-state index < -0.39 is 0 Å². The van der Waals surface area contributed by atoms with Gasteiger partial charge in [-0.2, -0.15) is 0 Å². The van der Waals surface area contributed by atoms with Crippen LogP contribution in [0.1, 0.15) is 136 Å². The number of hydrogen-bond donors (Lipinski definition) is 0. The van der Waals surface area contributed by atoms with Crippen molar-refractivity contribution < 1.29 is 9.63 Å². The van der Waals surface area contributed by atoms with E-state index in [-0.39, 0.29) is 5.97 Å². The van der Waals surface area contributed by atoms with Crippen molar-refractivity contribution in [3.05, 3.63) is 11.6 Å². The largest absolute Gasteiger partial charge is 0.365 e. The van der Waals surface area contributed by atoms with Crippen LogP contribution in [0.3, 0.4) is 0 Å². The van der Waals surface area contributed by atoms with E-state index >= 15 is 0 Å².